The number of hydrogen-bond acceptors (Lipinski definition) is 12. The predicted molar refractivity (Wildman–Crippen MR) is 469 cm³/mol. The molecule has 16 aliphatic carbocycles. The Kier molecular flexibility index (Phi) is 29.1. The van der Waals surface area contributed by atoms with Crippen molar-refractivity contribution in [2.75, 3.05) is 0 Å². The van der Waals surface area contributed by atoms with Gasteiger partial charge in [-0.1, -0.05) is 83.1 Å². The topological polar surface area (TPSA) is 265 Å². The van der Waals surface area contributed by atoms with Crippen molar-refractivity contribution >= 4 is 41.4 Å². The number of carbonyl (C=O) groups is 7. The van der Waals surface area contributed by atoms with Gasteiger partial charge in [0.15, 0.2) is 0 Å². The third-order valence-electron chi connectivity index (χ3n) is 42.4. The number of carbonyl (C=O) groups excluding carboxylic acids is 4. The molecule has 12 unspecified atom stereocenters. The van der Waals surface area contributed by atoms with Crippen molar-refractivity contribution in [3.63, 3.8) is 0 Å². The summed E-state index contributed by atoms with van der Waals surface area (Å²) in [5.74, 6) is 15.8. The number of carboxylic acids is 3. The Morgan fingerprint density at radius 2 is 0.580 bits per heavy atom. The van der Waals surface area contributed by atoms with Gasteiger partial charge in [-0.25, -0.2) is 0 Å². The van der Waals surface area contributed by atoms with E-state index in [-0.39, 0.29) is 42.2 Å². The maximum absolute atomic E-state index is 12.3. The number of carboxylic acid groups (broad SMARTS) is 3. The number of aliphatic hydroxyl groups excluding tert-OH is 2. The molecule has 0 aliphatic heterocycles. The molecule has 16 aliphatic rings. The molecule has 119 heavy (non-hydrogen) atoms. The molecule has 0 radical (unpaired) electrons. The smallest absolute Gasteiger partial charge is 0.323 e. The van der Waals surface area contributed by atoms with Crippen molar-refractivity contribution in [3.05, 3.63) is 0 Å². The standard InChI is InChI=1S/C28H45NO6.C27H44O3.C25H42O2.C24H40O3/c1-16(4-9-24(30)31)20-7-8-21-19-6-5-17-14-18(35-26(34)23(29)15-25(32)33)10-12-27(17,2)22(19)11-13-28(20,21)3;1-17(6-7-18(2)28)23-10-11-24-22-9-8-20-16-21(30-19(3)29)12-14-26(20,4)25(22)13-15-27(23,24)5;1-16(5-6-17(2)26)21-9-10-22-20-8-7-18-15-19(27)11-13-24(18,3)23(20)12-14-25(21,22)4;1-15(4-9-22(26)27)19-7-8-20-18-6-5-16-14-17(25)10-12-23(16,2)21(18)11-13-24(19,20)3/h16-23H,4-15,29H2,1-3H3,(H,30,31)(H,32,33);17,20-25H,6-16H2,1-5H3;16,18-23,27H,5-15H2,1-4H3;15-21,25H,4-14H2,1-3H3,(H,26,27)/t16-,17-,18-,19?,20?,21+,22?,23-,27+,28-;17-,20-,21-,22?,23?,24+,25?,26+,27-;16-,18-,19-,20?,21?,22+,23?,24+,25-;15-,16-,17-,18?,19?,20+,21?,23+,24-/m1111/s1. The van der Waals surface area contributed by atoms with Gasteiger partial charge in [-0.3, -0.25) is 24.0 Å². The zero-order valence-corrected chi connectivity index (χ0v) is 77.6. The van der Waals surface area contributed by atoms with Gasteiger partial charge in [-0.2, -0.15) is 0 Å². The van der Waals surface area contributed by atoms with E-state index in [1.165, 1.54) is 173 Å². The van der Waals surface area contributed by atoms with E-state index in [1.54, 1.807) is 20.8 Å². The molecule has 0 aromatic carbocycles. The number of Topliss-reactive ketones (excluding diaryl/α,β-unsaturated/α-hetero) is 2. The van der Waals surface area contributed by atoms with Crippen molar-refractivity contribution in [3.8, 4) is 0 Å². The number of ether oxygens (including phenoxy) is 2. The Morgan fingerprint density at radius 3 is 0.857 bits per heavy atom. The first kappa shape index (κ1) is 93.2. The monoisotopic (exact) mass is 1660 g/mol. The average molecular weight is 1660 g/mol. The van der Waals surface area contributed by atoms with Gasteiger partial charge in [-0.15, -0.1) is 0 Å². The molecule has 0 heterocycles. The van der Waals surface area contributed by atoms with Crippen LogP contribution in [0.2, 0.25) is 0 Å². The number of hydrogen-bond donors (Lipinski definition) is 6. The number of ketones is 2. The van der Waals surface area contributed by atoms with Crippen LogP contribution in [-0.2, 0) is 43.0 Å². The van der Waals surface area contributed by atoms with Gasteiger partial charge in [0.05, 0.1) is 18.6 Å². The summed E-state index contributed by atoms with van der Waals surface area (Å²) in [6.45, 7) is 35.0. The number of rotatable bonds is 21. The van der Waals surface area contributed by atoms with Crippen molar-refractivity contribution in [1.82, 2.24) is 0 Å². The fourth-order valence-corrected chi connectivity index (χ4v) is 36.2. The minimum Gasteiger partial charge on any atom is -0.481 e. The molecule has 37 atom stereocenters. The van der Waals surface area contributed by atoms with E-state index in [1.807, 2.05) is 0 Å². The van der Waals surface area contributed by atoms with Crippen molar-refractivity contribution in [2.24, 2.45) is 191 Å². The number of fused-ring (bicyclic) bond motifs is 20. The molecule has 0 aromatic heterocycles. The fourth-order valence-electron chi connectivity index (χ4n) is 36.2. The third kappa shape index (κ3) is 18.4. The maximum Gasteiger partial charge on any atom is 0.323 e. The maximum atomic E-state index is 12.3. The predicted octanol–water partition coefficient (Wildman–Crippen LogP) is 23.0. The minimum atomic E-state index is -1.10. The molecule has 7 N–H and O–H groups in total. The molecule has 15 nitrogen and oxygen atoms in total. The molecule has 0 bridgehead atoms. The van der Waals surface area contributed by atoms with Crippen LogP contribution in [0.25, 0.3) is 0 Å². The Morgan fingerprint density at radius 1 is 0.319 bits per heavy atom. The van der Waals surface area contributed by atoms with Crippen molar-refractivity contribution in [1.29, 1.82) is 0 Å². The van der Waals surface area contributed by atoms with E-state index in [0.717, 1.165) is 191 Å². The average Bonchev–Trinajstić information content (AvgIpc) is 1.53. The highest BCUT2D eigenvalue weighted by Crippen LogP contribution is 2.74. The lowest BCUT2D eigenvalue weighted by atomic mass is 9.44. The van der Waals surface area contributed by atoms with Crippen LogP contribution in [0.3, 0.4) is 0 Å². The summed E-state index contributed by atoms with van der Waals surface area (Å²) in [7, 11) is 0. The van der Waals surface area contributed by atoms with Crippen LogP contribution in [0.15, 0.2) is 0 Å². The van der Waals surface area contributed by atoms with Gasteiger partial charge in [0.1, 0.15) is 29.8 Å². The Balaban J connectivity index is 0.000000138. The van der Waals surface area contributed by atoms with Gasteiger partial charge in [0, 0.05) is 32.6 Å². The second-order valence-electron chi connectivity index (χ2n) is 47.7. The lowest BCUT2D eigenvalue weighted by Gasteiger charge is -2.61. The van der Waals surface area contributed by atoms with E-state index in [0.29, 0.717) is 103 Å². The summed E-state index contributed by atoms with van der Waals surface area (Å²) < 4.78 is 11.3. The summed E-state index contributed by atoms with van der Waals surface area (Å²) in [5, 5.41) is 47.6. The SMILES string of the molecule is CC(=O)CC[C@@H](C)C1CC[C@H]2C3CC[C@@H]4C[C@H](O)CC[C@]4(C)C3CC[C@]12C.CC(=O)CC[C@@H](C)C1CC[C@H]2C3CC[C@@H]4C[C@H](OC(C)=O)CC[C@]4(C)C3CC[C@]12C.C[C@H](CCC(=O)O)C1CC[C@H]2C3CC[C@@H]4C[C@H](O)CC[C@]4(C)C3CC[C@]12C.C[C@H](CCC(=O)O)C1CC[C@H]2C3CC[C@@H]4C[C@H](OC(=O)[C@H](N)CC(=O)O)CC[C@]4(C)C3CC[C@]12C. The molecule has 16 fully saturated rings. The third-order valence-corrected chi connectivity index (χ3v) is 42.4. The molecule has 16 rings (SSSR count). The highest BCUT2D eigenvalue weighted by atomic mass is 16.5. The molecule has 0 spiro atoms. The number of nitrogens with two attached hydrogens (primary N) is 1. The quantitative estimate of drug-likeness (QED) is 0.0584. The van der Waals surface area contributed by atoms with Gasteiger partial charge in [0.2, 0.25) is 0 Å². The molecule has 0 saturated heterocycles. The van der Waals surface area contributed by atoms with Crippen molar-refractivity contribution < 1.29 is 68.6 Å². The molecule has 676 valence electrons. The first-order valence-electron chi connectivity index (χ1n) is 50.2. The lowest BCUT2D eigenvalue weighted by molar-refractivity contribution is -0.165. The minimum absolute atomic E-state index is 0.0357. The zero-order valence-electron chi connectivity index (χ0n) is 77.6. The summed E-state index contributed by atoms with van der Waals surface area (Å²) in [6.07, 6.45) is 50.3. The van der Waals surface area contributed by atoms with Gasteiger partial charge in [-0.05, 0) is 456 Å². The summed E-state index contributed by atoms with van der Waals surface area (Å²) in [4.78, 5) is 79.9. The van der Waals surface area contributed by atoms with E-state index in [2.05, 4.69) is 83.1 Å². The van der Waals surface area contributed by atoms with Crippen LogP contribution < -0.4 is 5.73 Å². The molecular weight excluding hydrogens is 1490 g/mol. The summed E-state index contributed by atoms with van der Waals surface area (Å²) in [5.41, 5.74) is 9.12. The molecule has 15 heteroatoms. The Hall–Kier alpha value is -3.43. The lowest BCUT2D eigenvalue weighted by Crippen LogP contribution is -2.54. The highest BCUT2D eigenvalue weighted by Gasteiger charge is 2.66. The molecular formula is C104H171NO14. The van der Waals surface area contributed by atoms with Crippen LogP contribution in [0.5, 0.6) is 0 Å². The van der Waals surface area contributed by atoms with Crippen LogP contribution >= 0.6 is 0 Å². The second kappa shape index (κ2) is 37.1. The van der Waals surface area contributed by atoms with Crippen LogP contribution in [0.1, 0.15) is 393 Å². The van der Waals surface area contributed by atoms with E-state index < -0.39 is 36.3 Å². The van der Waals surface area contributed by atoms with Crippen LogP contribution in [0, 0.1) is 185 Å². The van der Waals surface area contributed by atoms with Crippen molar-refractivity contribution in [2.45, 2.75) is 423 Å². The number of aliphatic carboxylic acids is 3. The summed E-state index contributed by atoms with van der Waals surface area (Å²) >= 11 is 0. The fraction of sp³-hybridized carbons (Fsp3) is 0.933. The van der Waals surface area contributed by atoms with E-state index in [4.69, 9.17) is 30.5 Å². The largest absolute Gasteiger partial charge is 0.481 e. The zero-order chi connectivity index (χ0) is 86.0. The van der Waals surface area contributed by atoms with Crippen LogP contribution in [-0.4, -0.2) is 97.4 Å². The number of aliphatic hydroxyl groups is 2. The highest BCUT2D eigenvalue weighted by molar-refractivity contribution is 5.82. The van der Waals surface area contributed by atoms with Gasteiger partial charge >= 0.3 is 29.8 Å². The van der Waals surface area contributed by atoms with Gasteiger partial charge < -0.3 is 50.3 Å². The molecule has 16 saturated carbocycles. The normalized spacial score (nSPS) is 46.9. The van der Waals surface area contributed by atoms with Gasteiger partial charge in [0.25, 0.3) is 0 Å². The molecule has 0 amide bonds. The van der Waals surface area contributed by atoms with E-state index >= 15 is 0 Å². The second-order valence-corrected chi connectivity index (χ2v) is 47.7. The Bertz CT molecular complexity index is 3440. The van der Waals surface area contributed by atoms with Crippen LogP contribution in [0.4, 0.5) is 0 Å². The number of esters is 2. The first-order valence-corrected chi connectivity index (χ1v) is 50.2. The first-order chi connectivity index (χ1) is 56.1. The summed E-state index contributed by atoms with van der Waals surface area (Å²) in [6, 6.07) is -1.10. The Labute approximate surface area is 720 Å². The van der Waals surface area contributed by atoms with E-state index in [9.17, 15) is 43.8 Å². The molecule has 0 aromatic rings.